The predicted octanol–water partition coefficient (Wildman–Crippen LogP) is 2.58. The molecule has 0 fully saturated rings. The number of hydrogen-bond acceptors (Lipinski definition) is 2. The van der Waals surface area contributed by atoms with E-state index >= 15 is 0 Å². The Morgan fingerprint density at radius 2 is 2.00 bits per heavy atom. The first kappa shape index (κ1) is 11.3. The molecule has 86 valence electrons. The highest BCUT2D eigenvalue weighted by Gasteiger charge is 2.15. The Balaban J connectivity index is 2.65. The van der Waals surface area contributed by atoms with Crippen LogP contribution in [0.3, 0.4) is 0 Å². The molecule has 1 aromatic heterocycles. The molecule has 3 nitrogen and oxygen atoms in total. The minimum Gasteiger partial charge on any atom is -0.298 e. The fraction of sp³-hybridized carbons (Fsp3) is 0.167. The van der Waals surface area contributed by atoms with Crippen molar-refractivity contribution in [3.05, 3.63) is 47.5 Å². The van der Waals surface area contributed by atoms with E-state index < -0.39 is 11.6 Å². The minimum absolute atomic E-state index is 0.0399. The Kier molecular flexibility index (Phi) is 2.88. The van der Waals surface area contributed by atoms with Crippen molar-refractivity contribution in [3.8, 4) is 11.8 Å². The molecule has 0 radical (unpaired) electrons. The fourth-order valence-electron chi connectivity index (χ4n) is 1.66. The van der Waals surface area contributed by atoms with E-state index in [2.05, 4.69) is 4.98 Å². The van der Waals surface area contributed by atoms with Crippen LogP contribution in [0.2, 0.25) is 0 Å². The molecule has 0 bridgehead atoms. The Labute approximate surface area is 96.9 Å². The predicted molar refractivity (Wildman–Crippen MR) is 57.6 cm³/mol. The van der Waals surface area contributed by atoms with Crippen LogP contribution in [-0.4, -0.2) is 9.55 Å². The van der Waals surface area contributed by atoms with Gasteiger partial charge in [0.2, 0.25) is 0 Å². The normalized spacial score (nSPS) is 10.2. The fourth-order valence-corrected chi connectivity index (χ4v) is 1.66. The maximum atomic E-state index is 13.7. The lowest BCUT2D eigenvalue weighted by Gasteiger charge is -2.09. The zero-order chi connectivity index (χ0) is 12.4. The third-order valence-corrected chi connectivity index (χ3v) is 2.42. The number of aryl methyl sites for hydroxylation is 1. The summed E-state index contributed by atoms with van der Waals surface area (Å²) >= 11 is 0. The highest BCUT2D eigenvalue weighted by molar-refractivity contribution is 5.43. The summed E-state index contributed by atoms with van der Waals surface area (Å²) in [6.07, 6.45) is 3.54. The van der Waals surface area contributed by atoms with E-state index in [0.29, 0.717) is 12.2 Å². The maximum Gasteiger partial charge on any atom is 0.151 e. The summed E-state index contributed by atoms with van der Waals surface area (Å²) in [6, 6.07) is 3.73. The van der Waals surface area contributed by atoms with Crippen molar-refractivity contribution in [2.75, 3.05) is 0 Å². The maximum absolute atomic E-state index is 13.7. The van der Waals surface area contributed by atoms with Crippen molar-refractivity contribution < 1.29 is 8.78 Å². The smallest absolute Gasteiger partial charge is 0.151 e. The zero-order valence-electron chi connectivity index (χ0n) is 9.11. The van der Waals surface area contributed by atoms with Gasteiger partial charge >= 0.3 is 0 Å². The zero-order valence-corrected chi connectivity index (χ0v) is 9.11. The number of halogens is 2. The molecule has 2 aromatic rings. The molecule has 1 heterocycles. The van der Waals surface area contributed by atoms with Crippen LogP contribution < -0.4 is 0 Å². The van der Waals surface area contributed by atoms with Crippen LogP contribution in [-0.2, 0) is 6.42 Å². The molecule has 2 rings (SSSR count). The number of rotatable bonds is 2. The van der Waals surface area contributed by atoms with Gasteiger partial charge in [0.25, 0.3) is 0 Å². The molecule has 5 heteroatoms. The van der Waals surface area contributed by atoms with Crippen LogP contribution >= 0.6 is 0 Å². The Bertz CT molecular complexity index is 573. The number of aromatic nitrogens is 2. The van der Waals surface area contributed by atoms with E-state index in [4.69, 9.17) is 5.26 Å². The van der Waals surface area contributed by atoms with Gasteiger partial charge in [-0.3, -0.25) is 4.57 Å². The molecule has 0 saturated heterocycles. The molecule has 0 saturated carbocycles. The first-order chi connectivity index (χ1) is 8.17. The summed E-state index contributed by atoms with van der Waals surface area (Å²) < 4.78 is 28.8. The molecule has 17 heavy (non-hydrogen) atoms. The molecule has 0 aliphatic rings. The Morgan fingerprint density at radius 3 is 2.53 bits per heavy atom. The summed E-state index contributed by atoms with van der Waals surface area (Å²) in [7, 11) is 0. The average molecular weight is 233 g/mol. The van der Waals surface area contributed by atoms with Crippen molar-refractivity contribution in [1.82, 2.24) is 9.55 Å². The SMILES string of the molecule is CCc1nccn1-c1c(F)cc(C#N)cc1F. The van der Waals surface area contributed by atoms with Crippen molar-refractivity contribution in [3.63, 3.8) is 0 Å². The minimum atomic E-state index is -0.769. The highest BCUT2D eigenvalue weighted by atomic mass is 19.1. The average Bonchev–Trinajstić information content (AvgIpc) is 2.76. The van der Waals surface area contributed by atoms with Crippen LogP contribution in [0.25, 0.3) is 5.69 Å². The van der Waals surface area contributed by atoms with E-state index in [-0.39, 0.29) is 11.3 Å². The number of nitrogens with zero attached hydrogens (tertiary/aromatic N) is 3. The van der Waals surface area contributed by atoms with Gasteiger partial charge in [0.1, 0.15) is 11.5 Å². The number of benzene rings is 1. The molecule has 0 atom stereocenters. The lowest BCUT2D eigenvalue weighted by molar-refractivity contribution is 0.565. The molecular formula is C12H9F2N3. The van der Waals surface area contributed by atoms with Gasteiger partial charge in [-0.25, -0.2) is 13.8 Å². The summed E-state index contributed by atoms with van der Waals surface area (Å²) in [5, 5.41) is 8.61. The van der Waals surface area contributed by atoms with Gasteiger partial charge in [-0.1, -0.05) is 6.92 Å². The third kappa shape index (κ3) is 1.89. The van der Waals surface area contributed by atoms with E-state index in [1.54, 1.807) is 6.07 Å². The van der Waals surface area contributed by atoms with Crippen molar-refractivity contribution in [2.24, 2.45) is 0 Å². The van der Waals surface area contributed by atoms with Crippen LogP contribution in [0.1, 0.15) is 18.3 Å². The van der Waals surface area contributed by atoms with Crippen LogP contribution in [0, 0.1) is 23.0 Å². The van der Waals surface area contributed by atoms with E-state index in [1.165, 1.54) is 17.0 Å². The quantitative estimate of drug-likeness (QED) is 0.800. The molecule has 0 spiro atoms. The summed E-state index contributed by atoms with van der Waals surface area (Å²) in [5.74, 6) is -0.976. The number of hydrogen-bond donors (Lipinski definition) is 0. The third-order valence-electron chi connectivity index (χ3n) is 2.42. The summed E-state index contributed by atoms with van der Waals surface area (Å²) in [5.41, 5.74) is -0.236. The second-order valence-electron chi connectivity index (χ2n) is 3.47. The van der Waals surface area contributed by atoms with Crippen molar-refractivity contribution >= 4 is 0 Å². The monoisotopic (exact) mass is 233 g/mol. The molecule has 0 unspecified atom stereocenters. The highest BCUT2D eigenvalue weighted by Crippen LogP contribution is 2.21. The topological polar surface area (TPSA) is 41.6 Å². The van der Waals surface area contributed by atoms with Crippen molar-refractivity contribution in [1.29, 1.82) is 5.26 Å². The number of nitriles is 1. The standard InChI is InChI=1S/C12H9F2N3/c1-2-11-16-3-4-17(11)12-9(13)5-8(7-15)6-10(12)14/h3-6H,2H2,1H3. The lowest BCUT2D eigenvalue weighted by Crippen LogP contribution is -2.05. The van der Waals surface area contributed by atoms with E-state index in [9.17, 15) is 8.78 Å². The second kappa shape index (κ2) is 4.34. The van der Waals surface area contributed by atoms with Crippen LogP contribution in [0.15, 0.2) is 24.5 Å². The van der Waals surface area contributed by atoms with Crippen molar-refractivity contribution in [2.45, 2.75) is 13.3 Å². The Hall–Kier alpha value is -2.22. The second-order valence-corrected chi connectivity index (χ2v) is 3.47. The Morgan fingerprint density at radius 1 is 1.35 bits per heavy atom. The summed E-state index contributed by atoms with van der Waals surface area (Å²) in [4.78, 5) is 4.00. The van der Waals surface area contributed by atoms with Crippen LogP contribution in [0.4, 0.5) is 8.78 Å². The van der Waals surface area contributed by atoms with Gasteiger partial charge in [-0.05, 0) is 12.1 Å². The van der Waals surface area contributed by atoms with E-state index in [1.807, 2.05) is 6.92 Å². The number of imidazole rings is 1. The molecule has 0 aliphatic heterocycles. The molecule has 0 amide bonds. The lowest BCUT2D eigenvalue weighted by atomic mass is 10.2. The van der Waals surface area contributed by atoms with Gasteiger partial charge in [0.15, 0.2) is 11.6 Å². The van der Waals surface area contributed by atoms with Gasteiger partial charge < -0.3 is 0 Å². The van der Waals surface area contributed by atoms with Gasteiger partial charge in [0.05, 0.1) is 11.6 Å². The van der Waals surface area contributed by atoms with Gasteiger partial charge in [0, 0.05) is 18.8 Å². The van der Waals surface area contributed by atoms with Gasteiger partial charge in [-0.2, -0.15) is 5.26 Å². The molecule has 0 aliphatic carbocycles. The molecule has 1 aromatic carbocycles. The van der Waals surface area contributed by atoms with Gasteiger partial charge in [-0.15, -0.1) is 0 Å². The molecular weight excluding hydrogens is 224 g/mol. The first-order valence-electron chi connectivity index (χ1n) is 5.09. The largest absolute Gasteiger partial charge is 0.298 e. The summed E-state index contributed by atoms with van der Waals surface area (Å²) in [6.45, 7) is 1.85. The van der Waals surface area contributed by atoms with Crippen LogP contribution in [0.5, 0.6) is 0 Å². The first-order valence-corrected chi connectivity index (χ1v) is 5.09. The van der Waals surface area contributed by atoms with E-state index in [0.717, 1.165) is 12.1 Å². The molecule has 0 N–H and O–H groups in total.